The molecule has 8 heavy (non-hydrogen) atoms. The van der Waals surface area contributed by atoms with Gasteiger partial charge in [-0.15, -0.1) is 0 Å². The van der Waals surface area contributed by atoms with E-state index in [0.29, 0.717) is 0 Å². The van der Waals surface area contributed by atoms with Crippen molar-refractivity contribution < 1.29 is 14.3 Å². The van der Waals surface area contributed by atoms with E-state index in [1.165, 1.54) is 13.2 Å². The van der Waals surface area contributed by atoms with Gasteiger partial charge in [0.25, 0.3) is 6.29 Å². The topological polar surface area (TPSA) is 35.5 Å². The fourth-order valence-electron chi connectivity index (χ4n) is 0.373. The Hall–Kier alpha value is -0.990. The summed E-state index contributed by atoms with van der Waals surface area (Å²) in [6, 6.07) is 0. The van der Waals surface area contributed by atoms with Crippen molar-refractivity contribution in [2.24, 2.45) is 0 Å². The molecule has 1 aliphatic heterocycles. The van der Waals surface area contributed by atoms with Crippen LogP contribution in [0.3, 0.4) is 0 Å². The summed E-state index contributed by atoms with van der Waals surface area (Å²) in [6.07, 6.45) is 2.71. The van der Waals surface area contributed by atoms with Gasteiger partial charge in [0.2, 0.25) is 0 Å². The third kappa shape index (κ3) is 0.992. The van der Waals surface area contributed by atoms with Crippen LogP contribution in [0.25, 0.3) is 0 Å². The maximum atomic E-state index is 10.1. The van der Waals surface area contributed by atoms with Crippen LogP contribution in [-0.2, 0) is 14.3 Å². The molecular formula is C5H6O3. The van der Waals surface area contributed by atoms with Gasteiger partial charge in [0.15, 0.2) is 0 Å². The molecule has 1 heterocycles. The van der Waals surface area contributed by atoms with Gasteiger partial charge in [-0.2, -0.15) is 0 Å². The van der Waals surface area contributed by atoms with Crippen molar-refractivity contribution in [3.05, 3.63) is 12.3 Å². The maximum absolute atomic E-state index is 10.1. The Labute approximate surface area is 46.9 Å². The van der Waals surface area contributed by atoms with Gasteiger partial charge in [0.1, 0.15) is 0 Å². The molecule has 1 atom stereocenters. The molecule has 3 nitrogen and oxygen atoms in total. The third-order valence-electron chi connectivity index (χ3n) is 0.731. The lowest BCUT2D eigenvalue weighted by Gasteiger charge is -2.17. The van der Waals surface area contributed by atoms with Crippen LogP contribution in [0.15, 0.2) is 12.3 Å². The minimum Gasteiger partial charge on any atom is -0.459 e. The lowest BCUT2D eigenvalue weighted by atomic mass is 10.5. The van der Waals surface area contributed by atoms with Gasteiger partial charge in [0.05, 0.1) is 6.26 Å². The summed E-state index contributed by atoms with van der Waals surface area (Å²) >= 11 is 0. The predicted octanol–water partition coefficient (Wildman–Crippen LogP) is 0.419. The van der Waals surface area contributed by atoms with Crippen molar-refractivity contribution in [2.75, 3.05) is 0 Å². The zero-order valence-electron chi connectivity index (χ0n) is 4.46. The molecule has 44 valence electrons. The molecule has 0 aromatic rings. The van der Waals surface area contributed by atoms with E-state index >= 15 is 0 Å². The molecule has 1 rings (SSSR count). The van der Waals surface area contributed by atoms with Crippen molar-refractivity contribution in [3.8, 4) is 0 Å². The van der Waals surface area contributed by atoms with E-state index < -0.39 is 6.29 Å². The normalized spacial score (nSPS) is 23.4. The first-order valence-electron chi connectivity index (χ1n) is 2.28. The highest BCUT2D eigenvalue weighted by atomic mass is 16.7. The zero-order chi connectivity index (χ0) is 5.98. The molecular weight excluding hydrogens is 108 g/mol. The number of hydrogen-bond acceptors (Lipinski definition) is 3. The molecule has 1 aliphatic rings. The molecule has 0 aromatic heterocycles. The highest BCUT2D eigenvalue weighted by Gasteiger charge is 2.12. The van der Waals surface area contributed by atoms with Gasteiger partial charge >= 0.3 is 5.97 Å². The van der Waals surface area contributed by atoms with Crippen LogP contribution in [0.2, 0.25) is 0 Å². The van der Waals surface area contributed by atoms with Gasteiger partial charge in [-0.1, -0.05) is 0 Å². The number of hydrogen-bond donors (Lipinski definition) is 0. The fourth-order valence-corrected chi connectivity index (χ4v) is 0.373. The summed E-state index contributed by atoms with van der Waals surface area (Å²) in [6.45, 7) is 1.34. The zero-order valence-corrected chi connectivity index (χ0v) is 4.46. The van der Waals surface area contributed by atoms with E-state index in [0.717, 1.165) is 0 Å². The van der Waals surface area contributed by atoms with E-state index in [-0.39, 0.29) is 5.97 Å². The highest BCUT2D eigenvalue weighted by Crippen LogP contribution is 2.06. The van der Waals surface area contributed by atoms with Crippen LogP contribution in [0, 0.1) is 0 Å². The van der Waals surface area contributed by atoms with Crippen molar-refractivity contribution in [1.82, 2.24) is 0 Å². The Morgan fingerprint density at radius 2 is 2.50 bits per heavy atom. The summed E-state index contributed by atoms with van der Waals surface area (Å²) in [5.41, 5.74) is 0. The molecule has 0 radical (unpaired) electrons. The first-order valence-corrected chi connectivity index (χ1v) is 2.28. The number of esters is 1. The molecule has 0 fully saturated rings. The molecule has 0 saturated carbocycles. The minimum atomic E-state index is -0.424. The molecule has 0 aliphatic carbocycles. The first kappa shape index (κ1) is 5.15. The number of carbonyl (C=O) groups excluding carboxylic acids is 1. The lowest BCUT2D eigenvalue weighted by molar-refractivity contribution is -0.164. The van der Waals surface area contributed by atoms with E-state index in [2.05, 4.69) is 9.47 Å². The summed E-state index contributed by atoms with van der Waals surface area (Å²) in [5, 5.41) is 0. The monoisotopic (exact) mass is 114 g/mol. The van der Waals surface area contributed by atoms with E-state index in [1.807, 2.05) is 0 Å². The lowest BCUT2D eigenvalue weighted by Crippen LogP contribution is -2.20. The molecule has 1 unspecified atom stereocenters. The SMILES string of the molecule is CC(=O)OC1C=CO1. The second-order valence-electron chi connectivity index (χ2n) is 1.44. The third-order valence-corrected chi connectivity index (χ3v) is 0.731. The van der Waals surface area contributed by atoms with Crippen molar-refractivity contribution in [1.29, 1.82) is 0 Å². The van der Waals surface area contributed by atoms with Crippen molar-refractivity contribution >= 4 is 5.97 Å². The molecule has 0 N–H and O–H groups in total. The molecule has 0 bridgehead atoms. The summed E-state index contributed by atoms with van der Waals surface area (Å²) in [5.74, 6) is -0.320. The second kappa shape index (κ2) is 1.86. The van der Waals surface area contributed by atoms with E-state index in [9.17, 15) is 4.79 Å². The summed E-state index contributed by atoms with van der Waals surface area (Å²) < 4.78 is 9.16. The van der Waals surface area contributed by atoms with Crippen LogP contribution in [-0.4, -0.2) is 12.3 Å². The largest absolute Gasteiger partial charge is 0.459 e. The Morgan fingerprint density at radius 1 is 1.88 bits per heavy atom. The maximum Gasteiger partial charge on any atom is 0.305 e. The summed E-state index contributed by atoms with van der Waals surface area (Å²) in [4.78, 5) is 10.1. The number of carbonyl (C=O) groups is 1. The smallest absolute Gasteiger partial charge is 0.305 e. The van der Waals surface area contributed by atoms with Crippen LogP contribution in [0.5, 0.6) is 0 Å². The predicted molar refractivity (Wildman–Crippen MR) is 25.8 cm³/mol. The summed E-state index contributed by atoms with van der Waals surface area (Å²) in [7, 11) is 0. The number of rotatable bonds is 1. The second-order valence-corrected chi connectivity index (χ2v) is 1.44. The van der Waals surface area contributed by atoms with Crippen LogP contribution < -0.4 is 0 Å². The van der Waals surface area contributed by atoms with Crippen molar-refractivity contribution in [2.45, 2.75) is 13.2 Å². The van der Waals surface area contributed by atoms with E-state index in [4.69, 9.17) is 0 Å². The average Bonchev–Trinajstić information content (AvgIpc) is 1.55. The molecule has 0 aromatic carbocycles. The Kier molecular flexibility index (Phi) is 1.20. The van der Waals surface area contributed by atoms with Crippen LogP contribution in [0.1, 0.15) is 6.92 Å². The van der Waals surface area contributed by atoms with Crippen LogP contribution >= 0.6 is 0 Å². The number of ether oxygens (including phenoxy) is 2. The first-order chi connectivity index (χ1) is 3.79. The molecule has 0 spiro atoms. The van der Waals surface area contributed by atoms with Crippen LogP contribution in [0.4, 0.5) is 0 Å². The van der Waals surface area contributed by atoms with Gasteiger partial charge in [0, 0.05) is 13.0 Å². The fraction of sp³-hybridized carbons (Fsp3) is 0.400. The molecule has 0 saturated heterocycles. The van der Waals surface area contributed by atoms with Gasteiger partial charge in [-0.05, 0) is 0 Å². The average molecular weight is 114 g/mol. The minimum absolute atomic E-state index is 0.320. The highest BCUT2D eigenvalue weighted by molar-refractivity contribution is 5.66. The Morgan fingerprint density at radius 3 is 2.62 bits per heavy atom. The Bertz CT molecular complexity index is 128. The van der Waals surface area contributed by atoms with Gasteiger partial charge in [-0.25, -0.2) is 0 Å². The van der Waals surface area contributed by atoms with Gasteiger partial charge < -0.3 is 9.47 Å². The molecule has 0 amide bonds. The Balaban J connectivity index is 2.20. The quantitative estimate of drug-likeness (QED) is 0.463. The van der Waals surface area contributed by atoms with E-state index in [1.54, 1.807) is 6.08 Å². The van der Waals surface area contributed by atoms with Crippen molar-refractivity contribution in [3.63, 3.8) is 0 Å². The molecule has 3 heteroatoms. The van der Waals surface area contributed by atoms with Gasteiger partial charge in [-0.3, -0.25) is 4.79 Å². The standard InChI is InChI=1S/C5H6O3/c1-4(6)8-5-2-3-7-5/h2-3,5H,1H3.